The third-order valence-electron chi connectivity index (χ3n) is 8.74. The molecule has 3 aliphatic rings. The van der Waals surface area contributed by atoms with Crippen LogP contribution in [-0.2, 0) is 14.3 Å². The van der Waals surface area contributed by atoms with Crippen LogP contribution in [-0.4, -0.2) is 69.7 Å². The van der Waals surface area contributed by atoms with Gasteiger partial charge >= 0.3 is 0 Å². The summed E-state index contributed by atoms with van der Waals surface area (Å²) in [6.07, 6.45) is 21.3. The van der Waals surface area contributed by atoms with Crippen molar-refractivity contribution < 1.29 is 18.7 Å². The zero-order chi connectivity index (χ0) is 28.2. The SMILES string of the molecule is CCC(C=O)CCCC(N)CF.CN1CCC(C2CCCCC2)C1C(=O)NC1CCCCCCC1.COC. The summed E-state index contributed by atoms with van der Waals surface area (Å²) in [5.41, 5.74) is 5.38. The summed E-state index contributed by atoms with van der Waals surface area (Å²) >= 11 is 0. The third kappa shape index (κ3) is 13.8. The first-order valence-corrected chi connectivity index (χ1v) is 15.6. The smallest absolute Gasteiger partial charge is 0.237 e. The molecule has 38 heavy (non-hydrogen) atoms. The lowest BCUT2D eigenvalue weighted by Crippen LogP contribution is -2.49. The number of carbonyl (C=O) groups is 2. The Morgan fingerprint density at radius 3 is 2.11 bits per heavy atom. The fourth-order valence-corrected chi connectivity index (χ4v) is 6.40. The zero-order valence-electron chi connectivity index (χ0n) is 25.1. The highest BCUT2D eigenvalue weighted by atomic mass is 19.1. The van der Waals surface area contributed by atoms with Crippen molar-refractivity contribution >= 4 is 12.2 Å². The molecule has 3 fully saturated rings. The van der Waals surface area contributed by atoms with Gasteiger partial charge in [0.1, 0.15) is 13.0 Å². The number of likely N-dealkylation sites (tertiary alicyclic amines) is 1. The molecular formula is C31H60FN3O3. The summed E-state index contributed by atoms with van der Waals surface area (Å²) in [5.74, 6) is 1.87. The summed E-state index contributed by atoms with van der Waals surface area (Å²) in [4.78, 5) is 25.7. The van der Waals surface area contributed by atoms with Gasteiger partial charge < -0.3 is 20.6 Å². The van der Waals surface area contributed by atoms with Gasteiger partial charge in [-0.3, -0.25) is 9.69 Å². The van der Waals surface area contributed by atoms with E-state index >= 15 is 0 Å². The van der Waals surface area contributed by atoms with Crippen molar-refractivity contribution in [3.05, 3.63) is 0 Å². The van der Waals surface area contributed by atoms with Crippen molar-refractivity contribution in [1.82, 2.24) is 10.2 Å². The fraction of sp³-hybridized carbons (Fsp3) is 0.935. The maximum Gasteiger partial charge on any atom is 0.237 e. The quantitative estimate of drug-likeness (QED) is 0.329. The number of hydrogen-bond donors (Lipinski definition) is 2. The Balaban J connectivity index is 0.000000408. The summed E-state index contributed by atoms with van der Waals surface area (Å²) in [6.45, 7) is 2.62. The lowest BCUT2D eigenvalue weighted by molar-refractivity contribution is -0.127. The summed E-state index contributed by atoms with van der Waals surface area (Å²) in [6, 6.07) is 0.238. The number of hydrogen-bond acceptors (Lipinski definition) is 5. The highest BCUT2D eigenvalue weighted by molar-refractivity contribution is 5.82. The molecule has 1 amide bonds. The minimum absolute atomic E-state index is 0.136. The van der Waals surface area contributed by atoms with Crippen LogP contribution in [0.5, 0.6) is 0 Å². The second-order valence-electron chi connectivity index (χ2n) is 11.9. The number of nitrogens with two attached hydrogens (primary N) is 1. The van der Waals surface area contributed by atoms with Crippen LogP contribution >= 0.6 is 0 Å². The normalized spacial score (nSPS) is 25.0. The fourth-order valence-electron chi connectivity index (χ4n) is 6.40. The molecule has 0 bridgehead atoms. The first kappa shape index (κ1) is 35.0. The molecule has 3 rings (SSSR count). The average Bonchev–Trinajstić information content (AvgIpc) is 3.30. The van der Waals surface area contributed by atoms with Gasteiger partial charge in [-0.05, 0) is 64.0 Å². The van der Waals surface area contributed by atoms with Gasteiger partial charge in [0.05, 0.1) is 6.04 Å². The monoisotopic (exact) mass is 541 g/mol. The van der Waals surface area contributed by atoms with E-state index in [1.54, 1.807) is 14.2 Å². The van der Waals surface area contributed by atoms with E-state index in [0.717, 1.165) is 38.0 Å². The molecule has 4 atom stereocenters. The van der Waals surface area contributed by atoms with E-state index in [4.69, 9.17) is 5.73 Å². The number of halogens is 1. The Labute approximate surface area is 233 Å². The maximum absolute atomic E-state index is 13.0. The van der Waals surface area contributed by atoms with E-state index in [0.29, 0.717) is 24.3 Å². The van der Waals surface area contributed by atoms with Crippen molar-refractivity contribution in [2.24, 2.45) is 23.5 Å². The molecule has 2 aliphatic carbocycles. The molecule has 0 radical (unpaired) electrons. The Morgan fingerprint density at radius 2 is 1.55 bits per heavy atom. The molecule has 0 aromatic carbocycles. The maximum atomic E-state index is 13.0. The van der Waals surface area contributed by atoms with E-state index in [-0.39, 0.29) is 18.0 Å². The largest absolute Gasteiger partial charge is 0.388 e. The van der Waals surface area contributed by atoms with Crippen molar-refractivity contribution in [2.45, 2.75) is 134 Å². The van der Waals surface area contributed by atoms with Crippen LogP contribution in [0.2, 0.25) is 0 Å². The molecule has 0 aromatic rings. The number of nitrogens with one attached hydrogen (secondary N) is 1. The van der Waals surface area contributed by atoms with Gasteiger partial charge in [-0.15, -0.1) is 0 Å². The molecule has 224 valence electrons. The van der Waals surface area contributed by atoms with Gasteiger partial charge in [0.15, 0.2) is 0 Å². The molecule has 7 heteroatoms. The van der Waals surface area contributed by atoms with Gasteiger partial charge in [-0.25, -0.2) is 4.39 Å². The third-order valence-corrected chi connectivity index (χ3v) is 8.74. The molecular weight excluding hydrogens is 481 g/mol. The molecule has 1 aliphatic heterocycles. The molecule has 1 heterocycles. The van der Waals surface area contributed by atoms with Crippen molar-refractivity contribution in [3.8, 4) is 0 Å². The van der Waals surface area contributed by atoms with Crippen molar-refractivity contribution in [3.63, 3.8) is 0 Å². The number of carbonyl (C=O) groups excluding carboxylic acids is 2. The van der Waals surface area contributed by atoms with E-state index in [9.17, 15) is 14.0 Å². The van der Waals surface area contributed by atoms with Crippen LogP contribution in [0, 0.1) is 17.8 Å². The van der Waals surface area contributed by atoms with Gasteiger partial charge in [0.25, 0.3) is 0 Å². The second kappa shape index (κ2) is 21.7. The number of ether oxygens (including phenoxy) is 1. The molecule has 6 nitrogen and oxygen atoms in total. The number of alkyl halides is 1. The van der Waals surface area contributed by atoms with Crippen LogP contribution in [0.1, 0.15) is 116 Å². The van der Waals surface area contributed by atoms with Crippen LogP contribution in [0.4, 0.5) is 4.39 Å². The summed E-state index contributed by atoms with van der Waals surface area (Å²) < 4.78 is 16.1. The topological polar surface area (TPSA) is 84.7 Å². The number of aldehydes is 1. The lowest BCUT2D eigenvalue weighted by atomic mass is 9.76. The van der Waals surface area contributed by atoms with Crippen LogP contribution in [0.15, 0.2) is 0 Å². The predicted octanol–water partition coefficient (Wildman–Crippen LogP) is 6.06. The number of likely N-dealkylation sites (N-methyl/N-ethyl adjacent to an activating group) is 1. The molecule has 0 aromatic heterocycles. The molecule has 1 saturated heterocycles. The first-order chi connectivity index (χ1) is 18.4. The highest BCUT2D eigenvalue weighted by Crippen LogP contribution is 2.38. The highest BCUT2D eigenvalue weighted by Gasteiger charge is 2.41. The number of amides is 1. The predicted molar refractivity (Wildman–Crippen MR) is 156 cm³/mol. The minimum atomic E-state index is -0.460. The van der Waals surface area contributed by atoms with Crippen LogP contribution in [0.25, 0.3) is 0 Å². The Morgan fingerprint density at radius 1 is 1.00 bits per heavy atom. The zero-order valence-corrected chi connectivity index (χ0v) is 25.1. The minimum Gasteiger partial charge on any atom is -0.388 e. The molecule has 3 N–H and O–H groups in total. The Kier molecular flexibility index (Phi) is 20.0. The number of methoxy groups -OCH3 is 1. The standard InChI is InChI=1S/C20H36N2O.C9H18FNO.C2H6O/c1-22-15-14-18(16-10-6-5-7-11-16)19(22)20(23)21-17-12-8-3-2-4-9-13-17;1-2-8(7-12)4-3-5-9(11)6-10;1-3-2/h16-19H,2-15H2,1H3,(H,21,23);7-9H,2-6,11H2,1H3;1-2H3. The first-order valence-electron chi connectivity index (χ1n) is 15.6. The second-order valence-corrected chi connectivity index (χ2v) is 11.9. The molecule has 0 spiro atoms. The van der Waals surface area contributed by atoms with Gasteiger partial charge in [0.2, 0.25) is 5.91 Å². The van der Waals surface area contributed by atoms with E-state index in [2.05, 4.69) is 22.0 Å². The van der Waals surface area contributed by atoms with Gasteiger partial charge in [-0.1, -0.05) is 77.6 Å². The van der Waals surface area contributed by atoms with Crippen LogP contribution in [0.3, 0.4) is 0 Å². The summed E-state index contributed by atoms with van der Waals surface area (Å²) in [5, 5.41) is 3.45. The number of nitrogens with zero attached hydrogens (tertiary/aromatic N) is 1. The van der Waals surface area contributed by atoms with Gasteiger partial charge in [-0.2, -0.15) is 0 Å². The van der Waals surface area contributed by atoms with Crippen molar-refractivity contribution in [2.75, 3.05) is 34.5 Å². The lowest BCUT2D eigenvalue weighted by Gasteiger charge is -2.33. The molecule has 2 saturated carbocycles. The van der Waals surface area contributed by atoms with E-state index in [1.807, 2.05) is 6.92 Å². The van der Waals surface area contributed by atoms with Crippen LogP contribution < -0.4 is 11.1 Å². The summed E-state index contributed by atoms with van der Waals surface area (Å²) in [7, 11) is 5.41. The Hall–Kier alpha value is -1.05. The Bertz CT molecular complexity index is 595. The van der Waals surface area contributed by atoms with E-state index < -0.39 is 6.67 Å². The average molecular weight is 542 g/mol. The number of rotatable bonds is 10. The van der Waals surface area contributed by atoms with Crippen molar-refractivity contribution in [1.29, 1.82) is 0 Å². The van der Waals surface area contributed by atoms with E-state index in [1.165, 1.54) is 83.5 Å². The van der Waals surface area contributed by atoms with Gasteiger partial charge in [0, 0.05) is 32.2 Å². The molecule has 4 unspecified atom stereocenters.